The number of rotatable bonds is 3. The molecule has 0 radical (unpaired) electrons. The van der Waals surface area contributed by atoms with Crippen LogP contribution in [0, 0.1) is 40.4 Å². The molecule has 0 aliphatic heterocycles. The van der Waals surface area contributed by atoms with Crippen LogP contribution in [0.3, 0.4) is 0 Å². The Hall–Kier alpha value is 0. The predicted molar refractivity (Wildman–Crippen MR) is 99.4 cm³/mol. The van der Waals surface area contributed by atoms with Crippen molar-refractivity contribution in [2.75, 3.05) is 0 Å². The minimum atomic E-state index is 0.716. The summed E-state index contributed by atoms with van der Waals surface area (Å²) < 4.78 is 0. The zero-order chi connectivity index (χ0) is 16.1. The van der Waals surface area contributed by atoms with Crippen LogP contribution < -0.4 is 0 Å². The Morgan fingerprint density at radius 1 is 0.783 bits per heavy atom. The zero-order valence-corrected chi connectivity index (χ0v) is 16.1. The van der Waals surface area contributed by atoms with Gasteiger partial charge < -0.3 is 0 Å². The molecule has 4 fully saturated rings. The van der Waals surface area contributed by atoms with Crippen LogP contribution in [0.15, 0.2) is 0 Å². The molecular formula is C23H40. The second kappa shape index (κ2) is 6.06. The smallest absolute Gasteiger partial charge is 0.0266 e. The molecule has 0 N–H and O–H groups in total. The van der Waals surface area contributed by atoms with Crippen LogP contribution in [0.4, 0.5) is 0 Å². The van der Waals surface area contributed by atoms with E-state index in [1.807, 2.05) is 0 Å². The zero-order valence-electron chi connectivity index (χ0n) is 16.1. The van der Waals surface area contributed by atoms with Crippen molar-refractivity contribution in [3.05, 3.63) is 0 Å². The summed E-state index contributed by atoms with van der Waals surface area (Å²) in [6.45, 7) is 7.81. The highest BCUT2D eigenvalue weighted by Gasteiger charge is 2.59. The van der Waals surface area contributed by atoms with Gasteiger partial charge in [0.05, 0.1) is 0 Å². The molecule has 23 heavy (non-hydrogen) atoms. The summed E-state index contributed by atoms with van der Waals surface area (Å²) in [5, 5.41) is 0. The molecule has 0 aromatic heterocycles. The van der Waals surface area contributed by atoms with E-state index in [0.29, 0.717) is 5.41 Å². The lowest BCUT2D eigenvalue weighted by molar-refractivity contribution is -0.111. The van der Waals surface area contributed by atoms with Crippen molar-refractivity contribution in [2.45, 2.75) is 104 Å². The first-order chi connectivity index (χ1) is 11.1. The molecule has 0 amide bonds. The summed E-state index contributed by atoms with van der Waals surface area (Å²) in [5.74, 6) is 5.41. The first kappa shape index (κ1) is 16.5. The summed E-state index contributed by atoms with van der Waals surface area (Å²) in [6, 6.07) is 0. The summed E-state index contributed by atoms with van der Waals surface area (Å²) in [6.07, 6.45) is 20.0. The van der Waals surface area contributed by atoms with Gasteiger partial charge in [-0.15, -0.1) is 0 Å². The summed E-state index contributed by atoms with van der Waals surface area (Å²) in [7, 11) is 0. The van der Waals surface area contributed by atoms with E-state index in [4.69, 9.17) is 0 Å². The van der Waals surface area contributed by atoms with Crippen molar-refractivity contribution in [2.24, 2.45) is 40.4 Å². The maximum atomic E-state index is 2.72. The molecule has 0 spiro atoms. The van der Waals surface area contributed by atoms with Gasteiger partial charge in [0.25, 0.3) is 0 Å². The summed E-state index contributed by atoms with van der Waals surface area (Å²) in [5.41, 5.74) is 1.44. The topological polar surface area (TPSA) is 0 Å². The SMILES string of the molecule is CCCCC1CCC2C3CCC4CCCC[C@]4(C)C3CC[C@]12C. The number of unbranched alkanes of at least 4 members (excludes halogenated alkanes) is 1. The number of hydrogen-bond donors (Lipinski definition) is 0. The molecule has 132 valence electrons. The van der Waals surface area contributed by atoms with E-state index in [0.717, 1.165) is 35.0 Å². The lowest BCUT2D eigenvalue weighted by Gasteiger charge is -2.60. The van der Waals surface area contributed by atoms with Crippen LogP contribution in [-0.4, -0.2) is 0 Å². The molecule has 7 atom stereocenters. The first-order valence-electron chi connectivity index (χ1n) is 11.1. The van der Waals surface area contributed by atoms with Gasteiger partial charge >= 0.3 is 0 Å². The van der Waals surface area contributed by atoms with Gasteiger partial charge in [0.1, 0.15) is 0 Å². The Balaban J connectivity index is 1.55. The Morgan fingerprint density at radius 3 is 2.43 bits per heavy atom. The van der Waals surface area contributed by atoms with E-state index in [2.05, 4.69) is 20.8 Å². The molecule has 0 bridgehead atoms. The molecule has 4 aliphatic carbocycles. The highest BCUT2D eigenvalue weighted by molar-refractivity contribution is 5.08. The van der Waals surface area contributed by atoms with Crippen LogP contribution in [-0.2, 0) is 0 Å². The third-order valence-electron chi connectivity index (χ3n) is 9.69. The Bertz CT molecular complexity index is 426. The quantitative estimate of drug-likeness (QED) is 0.515. The summed E-state index contributed by atoms with van der Waals surface area (Å²) in [4.78, 5) is 0. The van der Waals surface area contributed by atoms with Crippen molar-refractivity contribution >= 4 is 0 Å². The van der Waals surface area contributed by atoms with E-state index in [1.165, 1.54) is 32.1 Å². The minimum absolute atomic E-state index is 0.716. The van der Waals surface area contributed by atoms with E-state index in [1.54, 1.807) is 51.4 Å². The van der Waals surface area contributed by atoms with Crippen LogP contribution >= 0.6 is 0 Å². The maximum Gasteiger partial charge on any atom is -0.0266 e. The second-order valence-corrected chi connectivity index (χ2v) is 10.4. The van der Waals surface area contributed by atoms with Crippen molar-refractivity contribution in [1.82, 2.24) is 0 Å². The fraction of sp³-hybridized carbons (Fsp3) is 1.00. The number of hydrogen-bond acceptors (Lipinski definition) is 0. The van der Waals surface area contributed by atoms with Crippen molar-refractivity contribution in [1.29, 1.82) is 0 Å². The second-order valence-electron chi connectivity index (χ2n) is 10.4. The largest absolute Gasteiger partial charge is 0.0654 e. The van der Waals surface area contributed by atoms with Gasteiger partial charge in [-0.3, -0.25) is 0 Å². The monoisotopic (exact) mass is 316 g/mol. The van der Waals surface area contributed by atoms with E-state index in [9.17, 15) is 0 Å². The molecular weight excluding hydrogens is 276 g/mol. The van der Waals surface area contributed by atoms with Gasteiger partial charge in [-0.2, -0.15) is 0 Å². The Kier molecular flexibility index (Phi) is 4.34. The van der Waals surface area contributed by atoms with E-state index < -0.39 is 0 Å². The summed E-state index contributed by atoms with van der Waals surface area (Å²) >= 11 is 0. The third kappa shape index (κ3) is 2.44. The molecule has 0 heterocycles. The maximum absolute atomic E-state index is 2.72. The van der Waals surface area contributed by atoms with Crippen LogP contribution in [0.2, 0.25) is 0 Å². The molecule has 0 aromatic carbocycles. The van der Waals surface area contributed by atoms with Gasteiger partial charge in [-0.05, 0) is 98.2 Å². The van der Waals surface area contributed by atoms with Gasteiger partial charge in [-0.25, -0.2) is 0 Å². The van der Waals surface area contributed by atoms with Crippen molar-refractivity contribution in [3.8, 4) is 0 Å². The molecule has 0 aromatic rings. The standard InChI is InChI=1S/C23H40/c1-4-5-8-17-11-13-20-19-12-10-18-9-6-7-15-22(18,2)21(19)14-16-23(17,20)3/h17-21H,4-16H2,1-3H3/t17?,18?,19?,20?,21?,22-,23+/m0/s1. The van der Waals surface area contributed by atoms with Crippen LogP contribution in [0.5, 0.6) is 0 Å². The third-order valence-corrected chi connectivity index (χ3v) is 9.69. The molecule has 0 heteroatoms. The van der Waals surface area contributed by atoms with E-state index >= 15 is 0 Å². The van der Waals surface area contributed by atoms with Crippen molar-refractivity contribution in [3.63, 3.8) is 0 Å². The van der Waals surface area contributed by atoms with Crippen molar-refractivity contribution < 1.29 is 0 Å². The predicted octanol–water partition coefficient (Wildman–Crippen LogP) is 7.23. The highest BCUT2D eigenvalue weighted by Crippen LogP contribution is 2.67. The van der Waals surface area contributed by atoms with E-state index in [-0.39, 0.29) is 0 Å². The Morgan fingerprint density at radius 2 is 1.61 bits per heavy atom. The fourth-order valence-electron chi connectivity index (χ4n) is 8.33. The van der Waals surface area contributed by atoms with Gasteiger partial charge in [0.15, 0.2) is 0 Å². The average Bonchev–Trinajstić information content (AvgIpc) is 2.89. The Labute approximate surface area is 145 Å². The molecule has 5 unspecified atom stereocenters. The lowest BCUT2D eigenvalue weighted by atomic mass is 9.45. The molecule has 4 rings (SSSR count). The molecule has 0 nitrogen and oxygen atoms in total. The fourth-order valence-corrected chi connectivity index (χ4v) is 8.33. The molecule has 4 saturated carbocycles. The first-order valence-corrected chi connectivity index (χ1v) is 11.1. The van der Waals surface area contributed by atoms with Gasteiger partial charge in [0, 0.05) is 0 Å². The van der Waals surface area contributed by atoms with Crippen LogP contribution in [0.1, 0.15) is 104 Å². The van der Waals surface area contributed by atoms with Gasteiger partial charge in [0.2, 0.25) is 0 Å². The molecule has 0 saturated heterocycles. The number of fused-ring (bicyclic) bond motifs is 5. The molecule has 4 aliphatic rings. The van der Waals surface area contributed by atoms with Crippen LogP contribution in [0.25, 0.3) is 0 Å². The van der Waals surface area contributed by atoms with Gasteiger partial charge in [-0.1, -0.05) is 46.5 Å². The normalized spacial score (nSPS) is 52.6. The lowest BCUT2D eigenvalue weighted by Crippen LogP contribution is -2.52. The average molecular weight is 317 g/mol. The highest BCUT2D eigenvalue weighted by atomic mass is 14.6. The minimum Gasteiger partial charge on any atom is -0.0654 e.